The van der Waals surface area contributed by atoms with Crippen LogP contribution in [0.4, 0.5) is 5.69 Å². The number of carbonyl (C=O) groups is 2. The van der Waals surface area contributed by atoms with Crippen molar-refractivity contribution in [2.75, 3.05) is 39.3 Å². The molecule has 10 nitrogen and oxygen atoms in total. The zero-order chi connectivity index (χ0) is 39.2. The molecule has 2 amide bonds. The smallest absolute Gasteiger partial charge is 0.251 e. The summed E-state index contributed by atoms with van der Waals surface area (Å²) in [5.41, 5.74) is 4.23. The number of carbonyl (C=O) groups excluding carboxylic acids is 2. The number of hydroxylamine groups is 2. The summed E-state index contributed by atoms with van der Waals surface area (Å²) < 4.78 is 6.11. The van der Waals surface area contributed by atoms with Gasteiger partial charge in [0.2, 0.25) is 5.91 Å². The summed E-state index contributed by atoms with van der Waals surface area (Å²) in [5, 5.41) is 29.6. The van der Waals surface area contributed by atoms with Gasteiger partial charge in [-0.25, -0.2) is 0 Å². The first-order valence-corrected chi connectivity index (χ1v) is 21.1. The van der Waals surface area contributed by atoms with Gasteiger partial charge in [0.25, 0.3) is 5.91 Å². The van der Waals surface area contributed by atoms with E-state index in [1.165, 1.54) is 44.9 Å². The fraction of sp³-hybridized carbons (Fsp3) is 0.689. The molecule has 2 aromatic carbocycles. The maximum Gasteiger partial charge on any atom is 0.251 e. The van der Waals surface area contributed by atoms with Crippen molar-refractivity contribution in [2.45, 2.75) is 116 Å². The average molecular weight is 759 g/mol. The Morgan fingerprint density at radius 3 is 2.56 bits per heavy atom. The van der Waals surface area contributed by atoms with Gasteiger partial charge < -0.3 is 30.5 Å². The lowest BCUT2D eigenvalue weighted by atomic mass is 9.45. The number of nitrogens with zero attached hydrogens (tertiary/aromatic N) is 2. The molecule has 0 spiro atoms. The summed E-state index contributed by atoms with van der Waals surface area (Å²) in [7, 11) is 5.57. The molecule has 0 aromatic heterocycles. The lowest BCUT2D eigenvalue weighted by Crippen LogP contribution is -2.62. The number of methoxy groups -OCH3 is 1. The van der Waals surface area contributed by atoms with Crippen LogP contribution in [0.2, 0.25) is 0 Å². The molecule has 10 heteroatoms. The number of hydrogen-bond acceptors (Lipinski definition) is 8. The summed E-state index contributed by atoms with van der Waals surface area (Å²) in [6.07, 6.45) is 9.64. The molecule has 1 aliphatic heterocycles. The van der Waals surface area contributed by atoms with E-state index in [4.69, 9.17) is 9.57 Å². The minimum Gasteiger partial charge on any atom is -0.496 e. The molecule has 5 aliphatic carbocycles. The van der Waals surface area contributed by atoms with Crippen LogP contribution < -0.4 is 20.3 Å². The number of aliphatic hydroxyl groups excluding tert-OH is 2. The maximum atomic E-state index is 14.3. The second kappa shape index (κ2) is 16.4. The Kier molecular flexibility index (Phi) is 11.9. The quantitative estimate of drug-likeness (QED) is 0.185. The molecule has 11 atom stereocenters. The van der Waals surface area contributed by atoms with Crippen LogP contribution >= 0.6 is 0 Å². The number of aliphatic hydroxyl groups is 2. The molecule has 1 heterocycles. The summed E-state index contributed by atoms with van der Waals surface area (Å²) >= 11 is 0. The molecular weight excluding hydrogens is 693 g/mol. The lowest BCUT2D eigenvalue weighted by molar-refractivity contribution is -0.183. The molecule has 6 aliphatic rings. The number of fused-ring (bicyclic) bond motifs is 3. The molecule has 1 saturated heterocycles. The van der Waals surface area contributed by atoms with Gasteiger partial charge in [0, 0.05) is 55.0 Å². The largest absolute Gasteiger partial charge is 0.496 e. The molecule has 0 radical (unpaired) electrons. The molecule has 2 aromatic rings. The van der Waals surface area contributed by atoms with E-state index in [0.717, 1.165) is 47.1 Å². The highest BCUT2D eigenvalue weighted by molar-refractivity contribution is 5.97. The molecule has 5 saturated carbocycles. The second-order valence-corrected chi connectivity index (χ2v) is 18.5. The van der Waals surface area contributed by atoms with Crippen LogP contribution in [-0.4, -0.2) is 85.7 Å². The van der Waals surface area contributed by atoms with Crippen LogP contribution in [0.3, 0.4) is 0 Å². The van der Waals surface area contributed by atoms with Crippen LogP contribution in [0, 0.1) is 46.8 Å². The van der Waals surface area contributed by atoms with Crippen molar-refractivity contribution in [3.8, 4) is 16.9 Å². The highest BCUT2D eigenvalue weighted by Gasteiger charge is 2.57. The van der Waals surface area contributed by atoms with Crippen LogP contribution in [0.1, 0.15) is 101 Å². The Balaban J connectivity index is 1.11. The first-order valence-electron chi connectivity index (χ1n) is 21.1. The Morgan fingerprint density at radius 1 is 1.09 bits per heavy atom. The van der Waals surface area contributed by atoms with Gasteiger partial charge >= 0.3 is 0 Å². The molecule has 6 fully saturated rings. The number of ether oxygens (including phenoxy) is 1. The van der Waals surface area contributed by atoms with Crippen LogP contribution in [0.5, 0.6) is 5.75 Å². The molecule has 3 unspecified atom stereocenters. The van der Waals surface area contributed by atoms with Crippen molar-refractivity contribution in [3.05, 3.63) is 47.5 Å². The first-order chi connectivity index (χ1) is 26.3. The second-order valence-electron chi connectivity index (χ2n) is 18.5. The minimum absolute atomic E-state index is 0.0501. The van der Waals surface area contributed by atoms with Gasteiger partial charge in [0.1, 0.15) is 17.9 Å². The molecule has 4 N–H and O–H groups in total. The van der Waals surface area contributed by atoms with E-state index >= 15 is 0 Å². The lowest BCUT2D eigenvalue weighted by Gasteiger charge is -2.62. The van der Waals surface area contributed by atoms with E-state index in [-0.39, 0.29) is 31.0 Å². The molecule has 55 heavy (non-hydrogen) atoms. The topological polar surface area (TPSA) is 124 Å². The van der Waals surface area contributed by atoms with Gasteiger partial charge in [-0.2, -0.15) is 5.06 Å². The molecule has 2 bridgehead atoms. The normalized spacial score (nSPS) is 33.0. The highest BCUT2D eigenvalue weighted by Crippen LogP contribution is 2.61. The predicted octanol–water partition coefficient (Wildman–Crippen LogP) is 6.43. The Morgan fingerprint density at radius 2 is 1.87 bits per heavy atom. The Hall–Kier alpha value is -3.18. The maximum absolute atomic E-state index is 14.3. The SMILES string of the molecule is COc1c(CN2O[C@@H](CO)[C@@H]([C@H](C)O)[C@H]2C(=O)N[C@H]2C[C@H]3C[C@@H]([C@@H]2C)C3(C)C)cccc1-c1cc(C(=O)NCCC2CCC3CCCCC32)cc(N(C)C)c1. The van der Waals surface area contributed by atoms with Crippen molar-refractivity contribution in [1.82, 2.24) is 15.7 Å². The summed E-state index contributed by atoms with van der Waals surface area (Å²) in [6.45, 7) is 9.15. The van der Waals surface area contributed by atoms with Crippen molar-refractivity contribution >= 4 is 17.5 Å². The van der Waals surface area contributed by atoms with Gasteiger partial charge in [-0.1, -0.05) is 58.2 Å². The fourth-order valence-electron chi connectivity index (χ4n) is 11.7. The van der Waals surface area contributed by atoms with Crippen molar-refractivity contribution < 1.29 is 29.4 Å². The molecule has 302 valence electrons. The highest BCUT2D eigenvalue weighted by atomic mass is 16.7. The number of benzene rings is 2. The van der Waals surface area contributed by atoms with Crippen LogP contribution in [-0.2, 0) is 16.2 Å². The zero-order valence-electron chi connectivity index (χ0n) is 34.2. The van der Waals surface area contributed by atoms with E-state index in [0.29, 0.717) is 46.9 Å². The van der Waals surface area contributed by atoms with E-state index in [2.05, 4.69) is 37.5 Å². The third kappa shape index (κ3) is 7.77. The summed E-state index contributed by atoms with van der Waals surface area (Å²) in [5.74, 6) is 3.64. The molecular formula is C45H66N4O6. The van der Waals surface area contributed by atoms with Gasteiger partial charge in [-0.3, -0.25) is 14.4 Å². The average Bonchev–Trinajstić information content (AvgIpc) is 3.76. The number of para-hydroxylation sites is 1. The van der Waals surface area contributed by atoms with Gasteiger partial charge in [-0.15, -0.1) is 0 Å². The third-order valence-corrected chi connectivity index (χ3v) is 15.0. The van der Waals surface area contributed by atoms with Crippen molar-refractivity contribution in [3.63, 3.8) is 0 Å². The monoisotopic (exact) mass is 758 g/mol. The van der Waals surface area contributed by atoms with Crippen LogP contribution in [0.15, 0.2) is 36.4 Å². The minimum atomic E-state index is -0.886. The fourth-order valence-corrected chi connectivity index (χ4v) is 11.7. The Bertz CT molecular complexity index is 1700. The summed E-state index contributed by atoms with van der Waals surface area (Å²) in [4.78, 5) is 36.3. The standard InChI is InChI=1S/C45H66N4O6/c1-26-37-22-33(45(37,3)4)23-38(26)47-44(53)41-40(27(2)51)39(25-50)55-49(41)24-30-12-10-14-36(42(30)54-7)31-19-32(21-34(20-31)48(5)6)43(52)46-18-17-29-16-15-28-11-8-9-13-35(28)29/h10,12,14,19-21,26-29,33,35,37-41,50-51H,8-9,11,13,15-18,22-25H2,1-7H3,(H,46,52)(H,47,53)/t26-,27-,28?,29?,33+,35?,37-,38-,39-,40+,41-/m0/s1. The van der Waals surface area contributed by atoms with E-state index in [9.17, 15) is 19.8 Å². The Labute approximate surface area is 328 Å². The first kappa shape index (κ1) is 40.0. The van der Waals surface area contributed by atoms with Crippen LogP contribution in [0.25, 0.3) is 11.1 Å². The third-order valence-electron chi connectivity index (χ3n) is 15.0. The predicted molar refractivity (Wildman–Crippen MR) is 215 cm³/mol. The number of anilines is 1. The van der Waals surface area contributed by atoms with E-state index in [1.807, 2.05) is 49.3 Å². The summed E-state index contributed by atoms with van der Waals surface area (Å²) in [6, 6.07) is 11.1. The number of rotatable bonds is 13. The van der Waals surface area contributed by atoms with E-state index in [1.54, 1.807) is 19.1 Å². The number of nitrogens with one attached hydrogen (secondary N) is 2. The van der Waals surface area contributed by atoms with Gasteiger partial charge in [-0.05, 0) is 110 Å². The zero-order valence-corrected chi connectivity index (χ0v) is 34.2. The number of amides is 2. The number of hydrogen-bond donors (Lipinski definition) is 4. The van der Waals surface area contributed by atoms with Crippen molar-refractivity contribution in [2.24, 2.45) is 46.8 Å². The van der Waals surface area contributed by atoms with E-state index < -0.39 is 24.2 Å². The van der Waals surface area contributed by atoms with Crippen molar-refractivity contribution in [1.29, 1.82) is 0 Å². The van der Waals surface area contributed by atoms with Gasteiger partial charge in [0.15, 0.2) is 0 Å². The molecule has 8 rings (SSSR count). The van der Waals surface area contributed by atoms with Gasteiger partial charge in [0.05, 0.1) is 26.4 Å².